The van der Waals surface area contributed by atoms with Gasteiger partial charge in [-0.15, -0.1) is 24.0 Å². The lowest BCUT2D eigenvalue weighted by molar-refractivity contribution is -0.116. The quantitative estimate of drug-likeness (QED) is 0.247. The summed E-state index contributed by atoms with van der Waals surface area (Å²) in [5, 5.41) is 9.80. The van der Waals surface area contributed by atoms with E-state index < -0.39 is 0 Å². The van der Waals surface area contributed by atoms with Crippen molar-refractivity contribution in [3.8, 4) is 0 Å². The number of hydrogen-bond acceptors (Lipinski definition) is 3. The molecule has 6 nitrogen and oxygen atoms in total. The Morgan fingerprint density at radius 1 is 1.06 bits per heavy atom. The van der Waals surface area contributed by atoms with Crippen molar-refractivity contribution in [2.45, 2.75) is 39.2 Å². The number of aliphatic imine (C=N–C) groups is 1. The van der Waals surface area contributed by atoms with Crippen molar-refractivity contribution in [3.05, 3.63) is 65.7 Å². The second-order valence-corrected chi connectivity index (χ2v) is 7.78. The fourth-order valence-corrected chi connectivity index (χ4v) is 4.19. The molecule has 7 heteroatoms. The number of fused-ring (bicyclic) bond motifs is 1. The molecule has 1 amide bonds. The minimum absolute atomic E-state index is 0. The number of carbonyl (C=O) groups is 1. The highest BCUT2D eigenvalue weighted by molar-refractivity contribution is 14.0. The van der Waals surface area contributed by atoms with Gasteiger partial charge in [-0.2, -0.15) is 0 Å². The Labute approximate surface area is 209 Å². The second-order valence-electron chi connectivity index (χ2n) is 7.78. The minimum atomic E-state index is 0. The van der Waals surface area contributed by atoms with Crippen LogP contribution < -0.4 is 16.0 Å². The average molecular weight is 550 g/mol. The highest BCUT2D eigenvalue weighted by Crippen LogP contribution is 2.31. The van der Waals surface area contributed by atoms with Gasteiger partial charge in [-0.3, -0.25) is 14.7 Å². The number of nitrogens with one attached hydrogen (secondary N) is 3. The van der Waals surface area contributed by atoms with E-state index in [9.17, 15) is 4.79 Å². The molecule has 2 aromatic carbocycles. The predicted molar refractivity (Wildman–Crippen MR) is 144 cm³/mol. The summed E-state index contributed by atoms with van der Waals surface area (Å²) in [6.07, 6.45) is 0.482. The molecule has 0 aliphatic carbocycles. The fourth-order valence-electron chi connectivity index (χ4n) is 4.19. The van der Waals surface area contributed by atoms with E-state index in [0.29, 0.717) is 19.5 Å². The molecule has 3 N–H and O–H groups in total. The third-order valence-corrected chi connectivity index (χ3v) is 5.83. The first kappa shape index (κ1) is 26.1. The van der Waals surface area contributed by atoms with Crippen LogP contribution in [-0.2, 0) is 4.79 Å². The molecule has 0 spiro atoms. The van der Waals surface area contributed by atoms with Gasteiger partial charge in [-0.1, -0.05) is 62.4 Å². The molecule has 1 aliphatic rings. The van der Waals surface area contributed by atoms with E-state index >= 15 is 0 Å². The number of para-hydroxylation sites is 1. The van der Waals surface area contributed by atoms with Gasteiger partial charge >= 0.3 is 0 Å². The summed E-state index contributed by atoms with van der Waals surface area (Å²) in [6.45, 7) is 10.5. The SMILES string of the molecule is CCNC(=NCC(c1ccccc1)N(CC)CC)NCC1CC(=O)Nc2ccccc21.I. The van der Waals surface area contributed by atoms with Crippen molar-refractivity contribution in [1.29, 1.82) is 0 Å². The first-order chi connectivity index (χ1) is 15.2. The Bertz CT molecular complexity index is 870. The molecule has 3 rings (SSSR count). The molecule has 2 unspecified atom stereocenters. The van der Waals surface area contributed by atoms with E-state index in [1.807, 2.05) is 18.2 Å². The zero-order valence-electron chi connectivity index (χ0n) is 19.3. The summed E-state index contributed by atoms with van der Waals surface area (Å²) in [5.41, 5.74) is 3.37. The van der Waals surface area contributed by atoms with E-state index in [-0.39, 0.29) is 41.8 Å². The fraction of sp³-hybridized carbons (Fsp3) is 0.440. The second kappa shape index (κ2) is 13.4. The molecule has 1 heterocycles. The van der Waals surface area contributed by atoms with Gasteiger partial charge in [0.15, 0.2) is 5.96 Å². The molecule has 2 aromatic rings. The van der Waals surface area contributed by atoms with Gasteiger partial charge in [0.25, 0.3) is 0 Å². The number of benzene rings is 2. The number of guanidine groups is 1. The number of halogens is 1. The Hall–Kier alpha value is -2.13. The number of likely N-dealkylation sites (N-methyl/N-ethyl adjacent to an activating group) is 1. The number of carbonyl (C=O) groups excluding carboxylic acids is 1. The van der Waals surface area contributed by atoms with Crippen LogP contribution in [0.3, 0.4) is 0 Å². The zero-order valence-corrected chi connectivity index (χ0v) is 21.6. The van der Waals surface area contributed by atoms with Crippen LogP contribution in [0, 0.1) is 0 Å². The van der Waals surface area contributed by atoms with Gasteiger partial charge in [-0.05, 0) is 37.2 Å². The maximum absolute atomic E-state index is 12.1. The Balaban J connectivity index is 0.00000363. The van der Waals surface area contributed by atoms with Crippen LogP contribution in [-0.4, -0.2) is 49.5 Å². The Morgan fingerprint density at radius 2 is 1.75 bits per heavy atom. The normalized spacial score (nSPS) is 16.6. The van der Waals surface area contributed by atoms with Crippen LogP contribution in [0.25, 0.3) is 0 Å². The van der Waals surface area contributed by atoms with Crippen molar-refractivity contribution in [1.82, 2.24) is 15.5 Å². The van der Waals surface area contributed by atoms with E-state index in [0.717, 1.165) is 31.3 Å². The van der Waals surface area contributed by atoms with Crippen LogP contribution in [0.1, 0.15) is 50.3 Å². The molecule has 0 aromatic heterocycles. The van der Waals surface area contributed by atoms with Gasteiger partial charge in [0.1, 0.15) is 0 Å². The largest absolute Gasteiger partial charge is 0.357 e. The van der Waals surface area contributed by atoms with E-state index in [1.54, 1.807) is 0 Å². The summed E-state index contributed by atoms with van der Waals surface area (Å²) < 4.78 is 0. The summed E-state index contributed by atoms with van der Waals surface area (Å²) in [7, 11) is 0. The molecule has 0 radical (unpaired) electrons. The number of anilines is 1. The first-order valence-electron chi connectivity index (χ1n) is 11.4. The van der Waals surface area contributed by atoms with E-state index in [4.69, 9.17) is 4.99 Å². The molecular formula is C25H36IN5O. The number of amides is 1. The molecule has 0 saturated carbocycles. The topological polar surface area (TPSA) is 68.8 Å². The number of hydrogen-bond donors (Lipinski definition) is 3. The van der Waals surface area contributed by atoms with Crippen LogP contribution in [0.2, 0.25) is 0 Å². The zero-order chi connectivity index (χ0) is 22.1. The highest BCUT2D eigenvalue weighted by Gasteiger charge is 2.25. The Morgan fingerprint density at radius 3 is 2.44 bits per heavy atom. The smallest absolute Gasteiger partial charge is 0.225 e. The molecule has 2 atom stereocenters. The van der Waals surface area contributed by atoms with E-state index in [2.05, 4.69) is 78.0 Å². The molecule has 174 valence electrons. The summed E-state index contributed by atoms with van der Waals surface area (Å²) in [6, 6.07) is 18.9. The molecular weight excluding hydrogens is 513 g/mol. The van der Waals surface area contributed by atoms with Crippen LogP contribution in [0.5, 0.6) is 0 Å². The molecule has 0 fully saturated rings. The van der Waals surface area contributed by atoms with Crippen LogP contribution >= 0.6 is 24.0 Å². The standard InChI is InChI=1S/C25H35N5O.HI/c1-4-26-25(27-17-20-16-24(31)29-22-15-11-10-14-21(20)22)28-18-23(30(5-2)6-3)19-12-8-7-9-13-19;/h7-15,20,23H,4-6,16-18H2,1-3H3,(H,29,31)(H2,26,27,28);1H. The monoisotopic (exact) mass is 549 g/mol. The maximum atomic E-state index is 12.1. The van der Waals surface area contributed by atoms with Gasteiger partial charge in [0, 0.05) is 31.1 Å². The number of rotatable bonds is 9. The van der Waals surface area contributed by atoms with Gasteiger partial charge < -0.3 is 16.0 Å². The van der Waals surface area contributed by atoms with Gasteiger partial charge in [0.05, 0.1) is 12.6 Å². The van der Waals surface area contributed by atoms with Crippen molar-refractivity contribution in [3.63, 3.8) is 0 Å². The molecule has 0 saturated heterocycles. The van der Waals surface area contributed by atoms with Gasteiger partial charge in [0.2, 0.25) is 5.91 Å². The molecule has 1 aliphatic heterocycles. The summed E-state index contributed by atoms with van der Waals surface area (Å²) in [4.78, 5) is 19.5. The molecule has 32 heavy (non-hydrogen) atoms. The Kier molecular flexibility index (Phi) is 11.0. The lowest BCUT2D eigenvalue weighted by atomic mass is 9.90. The third-order valence-electron chi connectivity index (χ3n) is 5.83. The van der Waals surface area contributed by atoms with Crippen molar-refractivity contribution in [2.24, 2.45) is 4.99 Å². The lowest BCUT2D eigenvalue weighted by Crippen LogP contribution is -2.41. The van der Waals surface area contributed by atoms with Crippen molar-refractivity contribution < 1.29 is 4.79 Å². The van der Waals surface area contributed by atoms with Crippen LogP contribution in [0.4, 0.5) is 5.69 Å². The van der Waals surface area contributed by atoms with E-state index in [1.165, 1.54) is 11.1 Å². The van der Waals surface area contributed by atoms with Gasteiger partial charge in [-0.25, -0.2) is 0 Å². The first-order valence-corrected chi connectivity index (χ1v) is 11.4. The van der Waals surface area contributed by atoms with Crippen molar-refractivity contribution >= 4 is 41.5 Å². The third kappa shape index (κ3) is 6.93. The highest BCUT2D eigenvalue weighted by atomic mass is 127. The van der Waals surface area contributed by atoms with Crippen LogP contribution in [0.15, 0.2) is 59.6 Å². The lowest BCUT2D eigenvalue weighted by Gasteiger charge is -2.29. The minimum Gasteiger partial charge on any atom is -0.357 e. The summed E-state index contributed by atoms with van der Waals surface area (Å²) in [5.74, 6) is 0.985. The average Bonchev–Trinajstić information content (AvgIpc) is 2.80. The van der Waals surface area contributed by atoms with Crippen molar-refractivity contribution in [2.75, 3.05) is 38.0 Å². The maximum Gasteiger partial charge on any atom is 0.225 e. The number of nitrogens with zero attached hydrogens (tertiary/aromatic N) is 2. The predicted octanol–water partition coefficient (Wildman–Crippen LogP) is 4.37. The molecule has 0 bridgehead atoms. The summed E-state index contributed by atoms with van der Waals surface area (Å²) >= 11 is 0.